The van der Waals surface area contributed by atoms with Crippen LogP contribution in [0.1, 0.15) is 19.8 Å². The van der Waals surface area contributed by atoms with E-state index in [1.807, 2.05) is 11.8 Å². The van der Waals surface area contributed by atoms with Gasteiger partial charge in [0.1, 0.15) is 0 Å². The van der Waals surface area contributed by atoms with Gasteiger partial charge in [0.15, 0.2) is 0 Å². The molecule has 13 heavy (non-hydrogen) atoms. The molecule has 0 bridgehead atoms. The summed E-state index contributed by atoms with van der Waals surface area (Å²) in [4.78, 5) is 2.96. The van der Waals surface area contributed by atoms with Crippen LogP contribution in [0.4, 0.5) is 0 Å². The highest BCUT2D eigenvalue weighted by Gasteiger charge is 2.11. The molecule has 78 valence electrons. The minimum absolute atomic E-state index is 0.617. The minimum atomic E-state index is 0.617. The molecule has 0 aromatic carbocycles. The number of hydrogen-bond acceptors (Lipinski definition) is 3. The van der Waals surface area contributed by atoms with Gasteiger partial charge in [0.05, 0.1) is 4.99 Å². The molecule has 0 aliphatic heterocycles. The molecule has 0 aromatic heterocycles. The molecule has 2 nitrogen and oxygen atoms in total. The quantitative estimate of drug-likeness (QED) is 0.662. The fourth-order valence-corrected chi connectivity index (χ4v) is 2.18. The zero-order chi connectivity index (χ0) is 10.3. The first kappa shape index (κ1) is 13.2. The predicted molar refractivity (Wildman–Crippen MR) is 66.5 cm³/mol. The lowest BCUT2D eigenvalue weighted by Crippen LogP contribution is -2.35. The number of nitrogens with two attached hydrogens (primary N) is 1. The first-order valence-electron chi connectivity index (χ1n) is 4.59. The second kappa shape index (κ2) is 7.59. The van der Waals surface area contributed by atoms with Gasteiger partial charge in [-0.1, -0.05) is 19.1 Å². The van der Waals surface area contributed by atoms with E-state index in [1.54, 1.807) is 0 Å². The van der Waals surface area contributed by atoms with E-state index in [9.17, 15) is 0 Å². The summed E-state index contributed by atoms with van der Waals surface area (Å²) in [6.07, 6.45) is 4.16. The van der Waals surface area contributed by atoms with Gasteiger partial charge in [0.2, 0.25) is 0 Å². The standard InChI is InChI=1S/C9H20N2S2/c1-4-8(7-13-3)11(2)6-5-9(10)12/h8H,4-7H2,1-3H3,(H2,10,12). The molecule has 0 heterocycles. The largest absolute Gasteiger partial charge is 0.393 e. The molecule has 0 fully saturated rings. The molecule has 0 aliphatic rings. The molecule has 4 heteroatoms. The Morgan fingerprint density at radius 3 is 2.62 bits per heavy atom. The summed E-state index contributed by atoms with van der Waals surface area (Å²) in [5.74, 6) is 1.18. The highest BCUT2D eigenvalue weighted by Crippen LogP contribution is 2.08. The van der Waals surface area contributed by atoms with Crippen LogP contribution in [0.15, 0.2) is 0 Å². The van der Waals surface area contributed by atoms with Crippen LogP contribution in [0.25, 0.3) is 0 Å². The van der Waals surface area contributed by atoms with Gasteiger partial charge in [-0.3, -0.25) is 0 Å². The lowest BCUT2D eigenvalue weighted by atomic mass is 10.2. The van der Waals surface area contributed by atoms with E-state index in [4.69, 9.17) is 18.0 Å². The van der Waals surface area contributed by atoms with Gasteiger partial charge >= 0.3 is 0 Å². The first-order chi connectivity index (χ1) is 6.11. The number of thiocarbonyl (C=S) groups is 1. The second-order valence-corrected chi connectivity index (χ2v) is 4.65. The molecule has 1 unspecified atom stereocenters. The summed E-state index contributed by atoms with van der Waals surface area (Å²) in [5.41, 5.74) is 5.46. The molecule has 0 aromatic rings. The van der Waals surface area contributed by atoms with Crippen molar-refractivity contribution in [1.29, 1.82) is 0 Å². The number of rotatable bonds is 7. The molecule has 0 radical (unpaired) electrons. The number of nitrogens with zero attached hydrogens (tertiary/aromatic N) is 1. The summed E-state index contributed by atoms with van der Waals surface area (Å²) in [5, 5.41) is 0. The lowest BCUT2D eigenvalue weighted by molar-refractivity contribution is 0.263. The van der Waals surface area contributed by atoms with E-state index in [-0.39, 0.29) is 0 Å². The average Bonchev–Trinajstić information content (AvgIpc) is 2.10. The molecule has 1 atom stereocenters. The fourth-order valence-electron chi connectivity index (χ4n) is 1.22. The third-order valence-electron chi connectivity index (χ3n) is 2.16. The van der Waals surface area contributed by atoms with E-state index in [0.717, 1.165) is 13.0 Å². The lowest BCUT2D eigenvalue weighted by Gasteiger charge is -2.26. The maximum absolute atomic E-state index is 5.46. The summed E-state index contributed by atoms with van der Waals surface area (Å²) in [6.45, 7) is 3.20. The number of thioether (sulfide) groups is 1. The third kappa shape index (κ3) is 6.29. The molecule has 0 rings (SSSR count). The summed E-state index contributed by atoms with van der Waals surface area (Å²) in [6, 6.07) is 0.657. The Hall–Kier alpha value is 0.200. The van der Waals surface area contributed by atoms with E-state index < -0.39 is 0 Å². The first-order valence-corrected chi connectivity index (χ1v) is 6.39. The molecule has 0 spiro atoms. The van der Waals surface area contributed by atoms with Gasteiger partial charge < -0.3 is 10.6 Å². The van der Waals surface area contributed by atoms with Gasteiger partial charge in [-0.2, -0.15) is 11.8 Å². The van der Waals surface area contributed by atoms with Crippen LogP contribution in [-0.4, -0.2) is 41.5 Å². The summed E-state index contributed by atoms with van der Waals surface area (Å²) < 4.78 is 0. The van der Waals surface area contributed by atoms with Crippen molar-refractivity contribution in [2.45, 2.75) is 25.8 Å². The monoisotopic (exact) mass is 220 g/mol. The maximum atomic E-state index is 5.46. The summed E-state index contributed by atoms with van der Waals surface area (Å²) >= 11 is 6.74. The second-order valence-electron chi connectivity index (χ2n) is 3.21. The van der Waals surface area contributed by atoms with Gasteiger partial charge in [-0.25, -0.2) is 0 Å². The van der Waals surface area contributed by atoms with E-state index in [0.29, 0.717) is 11.0 Å². The molecule has 0 saturated heterocycles. The Morgan fingerprint density at radius 2 is 2.23 bits per heavy atom. The van der Waals surface area contributed by atoms with E-state index in [2.05, 4.69) is 25.1 Å². The van der Waals surface area contributed by atoms with Gasteiger partial charge in [-0.05, 0) is 19.7 Å². The van der Waals surface area contributed by atoms with E-state index >= 15 is 0 Å². The zero-order valence-corrected chi connectivity index (χ0v) is 10.4. The Labute approximate surface area is 91.2 Å². The molecular formula is C9H20N2S2. The Bertz CT molecular complexity index is 151. The van der Waals surface area contributed by atoms with Crippen LogP contribution < -0.4 is 5.73 Å². The smallest absolute Gasteiger partial charge is 0.0740 e. The van der Waals surface area contributed by atoms with Crippen LogP contribution in [0.2, 0.25) is 0 Å². The maximum Gasteiger partial charge on any atom is 0.0740 e. The van der Waals surface area contributed by atoms with Gasteiger partial charge in [0.25, 0.3) is 0 Å². The Kier molecular flexibility index (Phi) is 7.71. The normalized spacial score (nSPS) is 13.2. The number of hydrogen-bond donors (Lipinski definition) is 1. The van der Waals surface area contributed by atoms with Crippen molar-refractivity contribution in [3.8, 4) is 0 Å². The Morgan fingerprint density at radius 1 is 1.62 bits per heavy atom. The SMILES string of the molecule is CCC(CSC)N(C)CCC(N)=S. The minimum Gasteiger partial charge on any atom is -0.393 e. The molecule has 0 amide bonds. The van der Waals surface area contributed by atoms with Crippen molar-refractivity contribution in [1.82, 2.24) is 4.90 Å². The van der Waals surface area contributed by atoms with Crippen molar-refractivity contribution in [3.63, 3.8) is 0 Å². The zero-order valence-electron chi connectivity index (χ0n) is 8.75. The fraction of sp³-hybridized carbons (Fsp3) is 0.889. The highest BCUT2D eigenvalue weighted by molar-refractivity contribution is 7.98. The van der Waals surface area contributed by atoms with Crippen molar-refractivity contribution >= 4 is 29.0 Å². The molecule has 2 N–H and O–H groups in total. The van der Waals surface area contributed by atoms with Crippen LogP contribution in [0, 0.1) is 0 Å². The van der Waals surface area contributed by atoms with E-state index in [1.165, 1.54) is 12.2 Å². The van der Waals surface area contributed by atoms with Crippen molar-refractivity contribution in [2.24, 2.45) is 5.73 Å². The molecule has 0 saturated carbocycles. The topological polar surface area (TPSA) is 29.3 Å². The van der Waals surface area contributed by atoms with Crippen LogP contribution in [0.3, 0.4) is 0 Å². The molecular weight excluding hydrogens is 200 g/mol. The highest BCUT2D eigenvalue weighted by atomic mass is 32.2. The van der Waals surface area contributed by atoms with Crippen molar-refractivity contribution < 1.29 is 0 Å². The van der Waals surface area contributed by atoms with Crippen molar-refractivity contribution in [2.75, 3.05) is 25.6 Å². The average molecular weight is 220 g/mol. The third-order valence-corrected chi connectivity index (χ3v) is 3.09. The van der Waals surface area contributed by atoms with Crippen LogP contribution in [0.5, 0.6) is 0 Å². The van der Waals surface area contributed by atoms with Crippen molar-refractivity contribution in [3.05, 3.63) is 0 Å². The van der Waals surface area contributed by atoms with Gasteiger partial charge in [-0.15, -0.1) is 0 Å². The Balaban J connectivity index is 3.76. The van der Waals surface area contributed by atoms with Crippen LogP contribution in [-0.2, 0) is 0 Å². The molecule has 0 aliphatic carbocycles. The van der Waals surface area contributed by atoms with Crippen LogP contribution >= 0.6 is 24.0 Å². The van der Waals surface area contributed by atoms with Gasteiger partial charge in [0, 0.05) is 24.8 Å². The predicted octanol–water partition coefficient (Wildman–Crippen LogP) is 1.74. The summed E-state index contributed by atoms with van der Waals surface area (Å²) in [7, 11) is 2.14.